The van der Waals surface area contributed by atoms with Crippen LogP contribution in [0.3, 0.4) is 0 Å². The largest absolute Gasteiger partial charge is 0.492 e. The number of nitrogens with zero attached hydrogens (tertiary/aromatic N) is 2. The standard InChI is InChI=1S/C22H30N4O2.HI/c1-5-23-22(24-14-15-28-20-12-6-17(2)7-13-20)25-16-18-8-10-19(11-9-18)21(27)26(3)4;/h6-13H,5,14-16H2,1-4H3,(H2,23,24,25);1H. The summed E-state index contributed by atoms with van der Waals surface area (Å²) >= 11 is 0. The van der Waals surface area contributed by atoms with Gasteiger partial charge in [-0.05, 0) is 43.7 Å². The summed E-state index contributed by atoms with van der Waals surface area (Å²) in [6.07, 6.45) is 0. The fraction of sp³-hybridized carbons (Fsp3) is 0.364. The molecule has 2 aromatic rings. The summed E-state index contributed by atoms with van der Waals surface area (Å²) in [4.78, 5) is 18.1. The molecule has 1 amide bonds. The zero-order chi connectivity index (χ0) is 20.4. The molecule has 2 rings (SSSR count). The lowest BCUT2D eigenvalue weighted by atomic mass is 10.1. The van der Waals surface area contributed by atoms with Gasteiger partial charge in [0, 0.05) is 26.2 Å². The van der Waals surface area contributed by atoms with Crippen LogP contribution in [0.1, 0.15) is 28.4 Å². The van der Waals surface area contributed by atoms with Gasteiger partial charge in [-0.2, -0.15) is 0 Å². The number of amides is 1. The molecule has 0 heterocycles. The number of guanidine groups is 1. The van der Waals surface area contributed by atoms with E-state index in [0.717, 1.165) is 23.8 Å². The monoisotopic (exact) mass is 510 g/mol. The number of carbonyl (C=O) groups is 1. The Bertz CT molecular complexity index is 774. The predicted molar refractivity (Wildman–Crippen MR) is 129 cm³/mol. The van der Waals surface area contributed by atoms with E-state index in [4.69, 9.17) is 4.74 Å². The number of carbonyl (C=O) groups excluding carboxylic acids is 1. The van der Waals surface area contributed by atoms with Gasteiger partial charge in [0.2, 0.25) is 0 Å². The lowest BCUT2D eigenvalue weighted by Crippen LogP contribution is -2.39. The molecule has 158 valence electrons. The fourth-order valence-electron chi connectivity index (χ4n) is 2.50. The van der Waals surface area contributed by atoms with Crippen LogP contribution in [0.4, 0.5) is 0 Å². The molecule has 29 heavy (non-hydrogen) atoms. The second-order valence-corrected chi connectivity index (χ2v) is 6.68. The molecule has 0 unspecified atom stereocenters. The second-order valence-electron chi connectivity index (χ2n) is 6.68. The maximum Gasteiger partial charge on any atom is 0.253 e. The van der Waals surface area contributed by atoms with Crippen LogP contribution in [0.5, 0.6) is 5.75 Å². The molecule has 0 aliphatic carbocycles. The second kappa shape index (κ2) is 13.0. The Kier molecular flexibility index (Phi) is 11.1. The molecule has 0 radical (unpaired) electrons. The van der Waals surface area contributed by atoms with Crippen molar-refractivity contribution in [3.63, 3.8) is 0 Å². The summed E-state index contributed by atoms with van der Waals surface area (Å²) in [5, 5.41) is 6.50. The zero-order valence-electron chi connectivity index (χ0n) is 17.6. The molecule has 0 bridgehead atoms. The number of nitrogens with one attached hydrogen (secondary N) is 2. The summed E-state index contributed by atoms with van der Waals surface area (Å²) in [6, 6.07) is 15.6. The van der Waals surface area contributed by atoms with Gasteiger partial charge < -0.3 is 20.3 Å². The lowest BCUT2D eigenvalue weighted by molar-refractivity contribution is 0.0827. The number of benzene rings is 2. The van der Waals surface area contributed by atoms with E-state index < -0.39 is 0 Å². The number of rotatable bonds is 8. The van der Waals surface area contributed by atoms with Crippen molar-refractivity contribution in [3.05, 3.63) is 65.2 Å². The van der Waals surface area contributed by atoms with Gasteiger partial charge in [0.05, 0.1) is 13.1 Å². The summed E-state index contributed by atoms with van der Waals surface area (Å²) in [5.41, 5.74) is 2.94. The Balaban J connectivity index is 0.00000420. The molecular weight excluding hydrogens is 479 g/mol. The highest BCUT2D eigenvalue weighted by Gasteiger charge is 2.07. The lowest BCUT2D eigenvalue weighted by Gasteiger charge is -2.12. The molecule has 2 aromatic carbocycles. The highest BCUT2D eigenvalue weighted by Crippen LogP contribution is 2.11. The molecule has 0 aliphatic rings. The quantitative estimate of drug-likeness (QED) is 0.247. The SMILES string of the molecule is CCNC(=NCc1ccc(C(=O)N(C)C)cc1)NCCOc1ccc(C)cc1.I. The van der Waals surface area contributed by atoms with Gasteiger partial charge in [-0.15, -0.1) is 24.0 Å². The number of aryl methyl sites for hydroxylation is 1. The molecule has 0 saturated heterocycles. The van der Waals surface area contributed by atoms with Crippen LogP contribution < -0.4 is 15.4 Å². The van der Waals surface area contributed by atoms with Gasteiger partial charge in [0.15, 0.2) is 5.96 Å². The molecule has 0 aromatic heterocycles. The van der Waals surface area contributed by atoms with Crippen molar-refractivity contribution in [2.24, 2.45) is 4.99 Å². The van der Waals surface area contributed by atoms with Crippen LogP contribution in [0, 0.1) is 6.92 Å². The van der Waals surface area contributed by atoms with Gasteiger partial charge >= 0.3 is 0 Å². The normalized spacial score (nSPS) is 10.7. The molecular formula is C22H31IN4O2. The minimum Gasteiger partial charge on any atom is -0.492 e. The first-order chi connectivity index (χ1) is 13.5. The van der Waals surface area contributed by atoms with Crippen molar-refractivity contribution in [3.8, 4) is 5.75 Å². The van der Waals surface area contributed by atoms with Gasteiger partial charge in [-0.25, -0.2) is 4.99 Å². The maximum absolute atomic E-state index is 11.9. The minimum atomic E-state index is -0.00127. The minimum absolute atomic E-state index is 0. The number of halogens is 1. The van der Waals surface area contributed by atoms with Gasteiger partial charge in [-0.1, -0.05) is 29.8 Å². The first-order valence-electron chi connectivity index (χ1n) is 9.52. The van der Waals surface area contributed by atoms with Crippen molar-refractivity contribution >= 4 is 35.8 Å². The van der Waals surface area contributed by atoms with Crippen LogP contribution in [0.2, 0.25) is 0 Å². The molecule has 7 heteroatoms. The Morgan fingerprint density at radius 1 is 1.03 bits per heavy atom. The summed E-state index contributed by atoms with van der Waals surface area (Å²) in [7, 11) is 3.49. The van der Waals surface area contributed by atoms with Crippen molar-refractivity contribution in [1.82, 2.24) is 15.5 Å². The van der Waals surface area contributed by atoms with E-state index in [9.17, 15) is 4.79 Å². The van der Waals surface area contributed by atoms with E-state index >= 15 is 0 Å². The molecule has 0 spiro atoms. The predicted octanol–water partition coefficient (Wildman–Crippen LogP) is 3.45. The van der Waals surface area contributed by atoms with Gasteiger partial charge in [-0.3, -0.25) is 4.79 Å². The average molecular weight is 510 g/mol. The topological polar surface area (TPSA) is 66.0 Å². The van der Waals surface area contributed by atoms with Gasteiger partial charge in [0.25, 0.3) is 5.91 Å². The van der Waals surface area contributed by atoms with Crippen LogP contribution >= 0.6 is 24.0 Å². The molecule has 0 fully saturated rings. The Labute approximate surface area is 190 Å². The Morgan fingerprint density at radius 2 is 1.69 bits per heavy atom. The molecule has 6 nitrogen and oxygen atoms in total. The fourth-order valence-corrected chi connectivity index (χ4v) is 2.50. The summed E-state index contributed by atoms with van der Waals surface area (Å²) < 4.78 is 5.73. The number of hydrogen-bond acceptors (Lipinski definition) is 3. The van der Waals surface area contributed by atoms with Crippen molar-refractivity contribution in [2.45, 2.75) is 20.4 Å². The van der Waals surface area contributed by atoms with Crippen LogP contribution in [0.15, 0.2) is 53.5 Å². The maximum atomic E-state index is 11.9. The number of aliphatic imine (C=N–C) groups is 1. The smallest absolute Gasteiger partial charge is 0.253 e. The first kappa shape index (κ1) is 24.7. The summed E-state index contributed by atoms with van der Waals surface area (Å²) in [6.45, 7) is 6.59. The Hall–Kier alpha value is -2.29. The van der Waals surface area contributed by atoms with Crippen molar-refractivity contribution in [2.75, 3.05) is 33.8 Å². The van der Waals surface area contributed by atoms with E-state index in [-0.39, 0.29) is 29.9 Å². The molecule has 0 aliphatic heterocycles. The average Bonchev–Trinajstić information content (AvgIpc) is 2.70. The van der Waals surface area contributed by atoms with Gasteiger partial charge in [0.1, 0.15) is 12.4 Å². The Morgan fingerprint density at radius 3 is 2.28 bits per heavy atom. The van der Waals surface area contributed by atoms with E-state index in [1.54, 1.807) is 19.0 Å². The molecule has 0 atom stereocenters. The van der Waals surface area contributed by atoms with Crippen molar-refractivity contribution < 1.29 is 9.53 Å². The summed E-state index contributed by atoms with van der Waals surface area (Å²) in [5.74, 6) is 1.60. The highest BCUT2D eigenvalue weighted by atomic mass is 127. The van der Waals surface area contributed by atoms with Crippen LogP contribution in [0.25, 0.3) is 0 Å². The molecule has 0 saturated carbocycles. The van der Waals surface area contributed by atoms with E-state index in [0.29, 0.717) is 25.3 Å². The van der Waals surface area contributed by atoms with Crippen LogP contribution in [-0.4, -0.2) is 50.6 Å². The third-order valence-electron chi connectivity index (χ3n) is 4.06. The third-order valence-corrected chi connectivity index (χ3v) is 4.06. The zero-order valence-corrected chi connectivity index (χ0v) is 19.9. The molecule has 2 N–H and O–H groups in total. The van der Waals surface area contributed by atoms with E-state index in [1.807, 2.05) is 55.5 Å². The van der Waals surface area contributed by atoms with E-state index in [2.05, 4.69) is 22.5 Å². The van der Waals surface area contributed by atoms with Crippen molar-refractivity contribution in [1.29, 1.82) is 0 Å². The number of hydrogen-bond donors (Lipinski definition) is 2. The third kappa shape index (κ3) is 8.72. The highest BCUT2D eigenvalue weighted by molar-refractivity contribution is 14.0. The van der Waals surface area contributed by atoms with E-state index in [1.165, 1.54) is 5.56 Å². The van der Waals surface area contributed by atoms with Crippen LogP contribution in [-0.2, 0) is 6.54 Å². The number of ether oxygens (including phenoxy) is 1. The first-order valence-corrected chi connectivity index (χ1v) is 9.52.